The quantitative estimate of drug-likeness (QED) is 0.643. The summed E-state index contributed by atoms with van der Waals surface area (Å²) in [6.07, 6.45) is 0. The van der Waals surface area contributed by atoms with Crippen LogP contribution in [0.15, 0.2) is 35.7 Å². The summed E-state index contributed by atoms with van der Waals surface area (Å²) in [4.78, 5) is 1.11. The molecule has 0 aliphatic rings. The Morgan fingerprint density at radius 2 is 2.08 bits per heavy atom. The first-order valence-corrected chi connectivity index (χ1v) is 4.95. The monoisotopic (exact) mass is 192 g/mol. The van der Waals surface area contributed by atoms with Crippen molar-refractivity contribution in [2.24, 2.45) is 0 Å². The Labute approximate surface area is 80.7 Å². The predicted molar refractivity (Wildman–Crippen MR) is 54.5 cm³/mol. The predicted octanol–water partition coefficient (Wildman–Crippen LogP) is 3.86. The molecule has 1 aromatic heterocycles. The van der Waals surface area contributed by atoms with Gasteiger partial charge in [-0.3, -0.25) is 0 Å². The maximum absolute atomic E-state index is 13.2. The zero-order chi connectivity index (χ0) is 9.26. The van der Waals surface area contributed by atoms with Crippen molar-refractivity contribution in [2.75, 3.05) is 0 Å². The van der Waals surface area contributed by atoms with Crippen molar-refractivity contribution < 1.29 is 4.39 Å². The molecule has 1 aromatic carbocycles. The van der Waals surface area contributed by atoms with E-state index in [2.05, 4.69) is 0 Å². The molecule has 0 atom stereocenters. The largest absolute Gasteiger partial charge is 0.207 e. The molecule has 0 amide bonds. The van der Waals surface area contributed by atoms with Crippen LogP contribution in [0.3, 0.4) is 0 Å². The molecule has 0 aliphatic carbocycles. The van der Waals surface area contributed by atoms with Crippen LogP contribution in [0.5, 0.6) is 0 Å². The molecule has 2 rings (SSSR count). The molecule has 0 unspecified atom stereocenters. The Kier molecular flexibility index (Phi) is 2.15. The lowest BCUT2D eigenvalue weighted by Crippen LogP contribution is -1.81. The Morgan fingerprint density at radius 3 is 2.69 bits per heavy atom. The molecular formula is C11H9FS. The van der Waals surface area contributed by atoms with Crippen LogP contribution in [0.25, 0.3) is 10.4 Å². The molecule has 1 heterocycles. The van der Waals surface area contributed by atoms with Gasteiger partial charge in [0, 0.05) is 4.88 Å². The zero-order valence-electron chi connectivity index (χ0n) is 7.25. The lowest BCUT2D eigenvalue weighted by atomic mass is 10.1. The summed E-state index contributed by atoms with van der Waals surface area (Å²) >= 11 is 1.62. The van der Waals surface area contributed by atoms with Gasteiger partial charge in [-0.05, 0) is 35.6 Å². The summed E-state index contributed by atoms with van der Waals surface area (Å²) in [5.74, 6) is -0.133. The van der Waals surface area contributed by atoms with E-state index in [4.69, 9.17) is 0 Å². The Balaban J connectivity index is 2.49. The van der Waals surface area contributed by atoms with E-state index in [9.17, 15) is 4.39 Å². The van der Waals surface area contributed by atoms with Crippen LogP contribution in [-0.2, 0) is 0 Å². The Bertz CT molecular complexity index is 404. The van der Waals surface area contributed by atoms with Crippen LogP contribution in [0.4, 0.5) is 4.39 Å². The molecule has 66 valence electrons. The third-order valence-corrected chi connectivity index (χ3v) is 2.90. The second kappa shape index (κ2) is 3.30. The summed E-state index contributed by atoms with van der Waals surface area (Å²) in [6.45, 7) is 1.77. The zero-order valence-corrected chi connectivity index (χ0v) is 8.07. The normalized spacial score (nSPS) is 10.3. The molecule has 2 aromatic rings. The molecule has 0 radical (unpaired) electrons. The molecule has 0 saturated heterocycles. The average Bonchev–Trinajstić information content (AvgIpc) is 2.62. The fourth-order valence-electron chi connectivity index (χ4n) is 1.19. The second-order valence-electron chi connectivity index (χ2n) is 2.94. The van der Waals surface area contributed by atoms with Crippen molar-refractivity contribution in [3.05, 3.63) is 47.1 Å². The fraction of sp³-hybridized carbons (Fsp3) is 0.0909. The summed E-state index contributed by atoms with van der Waals surface area (Å²) < 4.78 is 13.2. The SMILES string of the molecule is Cc1ccc(-c2cccs2)cc1F. The minimum absolute atomic E-state index is 0.133. The molecule has 0 bridgehead atoms. The first-order valence-electron chi connectivity index (χ1n) is 4.07. The first-order chi connectivity index (χ1) is 6.27. The van der Waals surface area contributed by atoms with Gasteiger partial charge in [-0.15, -0.1) is 11.3 Å². The van der Waals surface area contributed by atoms with E-state index in [1.807, 2.05) is 29.6 Å². The van der Waals surface area contributed by atoms with E-state index in [1.165, 1.54) is 0 Å². The second-order valence-corrected chi connectivity index (χ2v) is 3.89. The number of rotatable bonds is 1. The van der Waals surface area contributed by atoms with Crippen LogP contribution in [0.1, 0.15) is 5.56 Å². The standard InChI is InChI=1S/C11H9FS/c1-8-4-5-9(7-10(8)12)11-3-2-6-13-11/h2-7H,1H3. The third-order valence-electron chi connectivity index (χ3n) is 1.98. The van der Waals surface area contributed by atoms with Gasteiger partial charge in [-0.1, -0.05) is 18.2 Å². The molecule has 0 N–H and O–H groups in total. The van der Waals surface area contributed by atoms with Gasteiger partial charge in [0.2, 0.25) is 0 Å². The van der Waals surface area contributed by atoms with Crippen molar-refractivity contribution in [3.8, 4) is 10.4 Å². The van der Waals surface area contributed by atoms with Crippen LogP contribution in [0.2, 0.25) is 0 Å². The number of halogens is 1. The van der Waals surface area contributed by atoms with Crippen molar-refractivity contribution in [1.29, 1.82) is 0 Å². The molecule has 0 aliphatic heterocycles. The third kappa shape index (κ3) is 1.63. The molecular weight excluding hydrogens is 183 g/mol. The maximum Gasteiger partial charge on any atom is 0.126 e. The van der Waals surface area contributed by atoms with E-state index in [0.717, 1.165) is 10.4 Å². The van der Waals surface area contributed by atoms with Gasteiger partial charge in [0.1, 0.15) is 5.82 Å². The Hall–Kier alpha value is -1.15. The smallest absolute Gasteiger partial charge is 0.126 e. The highest BCUT2D eigenvalue weighted by Crippen LogP contribution is 2.25. The fourth-order valence-corrected chi connectivity index (χ4v) is 1.91. The molecule has 0 fully saturated rings. The molecule has 2 heteroatoms. The van der Waals surface area contributed by atoms with E-state index in [0.29, 0.717) is 5.56 Å². The summed E-state index contributed by atoms with van der Waals surface area (Å²) in [7, 11) is 0. The van der Waals surface area contributed by atoms with Crippen LogP contribution < -0.4 is 0 Å². The minimum atomic E-state index is -0.133. The minimum Gasteiger partial charge on any atom is -0.207 e. The van der Waals surface area contributed by atoms with Crippen LogP contribution >= 0.6 is 11.3 Å². The van der Waals surface area contributed by atoms with E-state index in [1.54, 1.807) is 24.3 Å². The van der Waals surface area contributed by atoms with Crippen molar-refractivity contribution in [1.82, 2.24) is 0 Å². The molecule has 0 spiro atoms. The highest BCUT2D eigenvalue weighted by atomic mass is 32.1. The van der Waals surface area contributed by atoms with Gasteiger partial charge in [0.15, 0.2) is 0 Å². The molecule has 0 nitrogen and oxygen atoms in total. The number of aryl methyl sites for hydroxylation is 1. The lowest BCUT2D eigenvalue weighted by Gasteiger charge is -1.99. The van der Waals surface area contributed by atoms with Gasteiger partial charge < -0.3 is 0 Å². The lowest BCUT2D eigenvalue weighted by molar-refractivity contribution is 0.619. The first kappa shape index (κ1) is 8.45. The van der Waals surface area contributed by atoms with Crippen LogP contribution in [0, 0.1) is 12.7 Å². The number of benzene rings is 1. The van der Waals surface area contributed by atoms with Crippen molar-refractivity contribution in [3.63, 3.8) is 0 Å². The summed E-state index contributed by atoms with van der Waals surface area (Å²) in [5.41, 5.74) is 1.65. The van der Waals surface area contributed by atoms with Crippen LogP contribution in [-0.4, -0.2) is 0 Å². The van der Waals surface area contributed by atoms with E-state index >= 15 is 0 Å². The van der Waals surface area contributed by atoms with Gasteiger partial charge >= 0.3 is 0 Å². The maximum atomic E-state index is 13.2. The highest BCUT2D eigenvalue weighted by Gasteiger charge is 2.01. The number of hydrogen-bond acceptors (Lipinski definition) is 1. The van der Waals surface area contributed by atoms with E-state index < -0.39 is 0 Å². The number of hydrogen-bond donors (Lipinski definition) is 0. The van der Waals surface area contributed by atoms with Gasteiger partial charge in [-0.25, -0.2) is 4.39 Å². The van der Waals surface area contributed by atoms with Gasteiger partial charge in [-0.2, -0.15) is 0 Å². The van der Waals surface area contributed by atoms with E-state index in [-0.39, 0.29) is 5.82 Å². The van der Waals surface area contributed by atoms with Gasteiger partial charge in [0.25, 0.3) is 0 Å². The van der Waals surface area contributed by atoms with Crippen molar-refractivity contribution >= 4 is 11.3 Å². The summed E-state index contributed by atoms with van der Waals surface area (Å²) in [6, 6.07) is 9.31. The number of thiophene rings is 1. The summed E-state index contributed by atoms with van der Waals surface area (Å²) in [5, 5.41) is 1.99. The molecule has 0 saturated carbocycles. The van der Waals surface area contributed by atoms with Crippen molar-refractivity contribution in [2.45, 2.75) is 6.92 Å². The Morgan fingerprint density at radius 1 is 1.23 bits per heavy atom. The molecule has 13 heavy (non-hydrogen) atoms. The average molecular weight is 192 g/mol. The topological polar surface area (TPSA) is 0 Å². The van der Waals surface area contributed by atoms with Gasteiger partial charge in [0.05, 0.1) is 0 Å². The highest BCUT2D eigenvalue weighted by molar-refractivity contribution is 7.13.